The third-order valence-corrected chi connectivity index (χ3v) is 7.15. The van der Waals surface area contributed by atoms with E-state index in [0.717, 1.165) is 44.8 Å². The van der Waals surface area contributed by atoms with E-state index in [1.807, 2.05) is 0 Å². The van der Waals surface area contributed by atoms with Gasteiger partial charge in [0.1, 0.15) is 0 Å². The maximum Gasteiger partial charge on any atom is 0.214 e. The van der Waals surface area contributed by atoms with Crippen LogP contribution in [0.4, 0.5) is 0 Å². The van der Waals surface area contributed by atoms with Gasteiger partial charge >= 0.3 is 0 Å². The fourth-order valence-electron chi connectivity index (χ4n) is 3.22. The van der Waals surface area contributed by atoms with Crippen LogP contribution >= 0.6 is 0 Å². The van der Waals surface area contributed by atoms with Gasteiger partial charge in [0.05, 0.1) is 5.75 Å². The Morgan fingerprint density at radius 1 is 0.950 bits per heavy atom. The third-order valence-electron chi connectivity index (χ3n) is 5.25. The minimum atomic E-state index is -2.99. The van der Waals surface area contributed by atoms with E-state index in [-0.39, 0.29) is 0 Å². The lowest BCUT2D eigenvalue weighted by atomic mass is 9.84. The van der Waals surface area contributed by atoms with Gasteiger partial charge in [0.2, 0.25) is 10.0 Å². The van der Waals surface area contributed by atoms with Crippen molar-refractivity contribution in [1.29, 1.82) is 0 Å². The smallest absolute Gasteiger partial charge is 0.214 e. The number of nitrogens with zero attached hydrogens (tertiary/aromatic N) is 1. The monoisotopic (exact) mass is 300 g/mol. The normalized spacial score (nSPS) is 26.6. The van der Waals surface area contributed by atoms with E-state index in [0.29, 0.717) is 17.7 Å². The molecule has 0 radical (unpaired) electrons. The summed E-state index contributed by atoms with van der Waals surface area (Å²) in [5.74, 6) is 1.96. The first-order valence-electron chi connectivity index (χ1n) is 8.35. The predicted molar refractivity (Wildman–Crippen MR) is 81.1 cm³/mol. The molecule has 0 atom stereocenters. The second-order valence-electron chi connectivity index (χ2n) is 6.93. The Morgan fingerprint density at radius 2 is 1.65 bits per heavy atom. The summed E-state index contributed by atoms with van der Waals surface area (Å²) in [6, 6.07) is 0.536. The zero-order chi connectivity index (χ0) is 14.0. The molecule has 20 heavy (non-hydrogen) atoms. The fourth-order valence-corrected chi connectivity index (χ4v) is 4.88. The average molecular weight is 300 g/mol. The Labute approximate surface area is 123 Å². The molecular formula is C15H28N2O2S. The van der Waals surface area contributed by atoms with Gasteiger partial charge in [-0.2, -0.15) is 0 Å². The molecule has 1 aliphatic heterocycles. The van der Waals surface area contributed by atoms with Crippen molar-refractivity contribution in [2.45, 2.75) is 57.4 Å². The summed E-state index contributed by atoms with van der Waals surface area (Å²) in [5, 5.41) is 3.60. The minimum absolute atomic E-state index is 0.373. The molecule has 3 rings (SSSR count). The van der Waals surface area contributed by atoms with Crippen LogP contribution in [0.25, 0.3) is 0 Å². The summed E-state index contributed by atoms with van der Waals surface area (Å²) < 4.78 is 26.4. The van der Waals surface area contributed by atoms with Gasteiger partial charge in [-0.15, -0.1) is 0 Å². The van der Waals surface area contributed by atoms with Crippen LogP contribution in [0.3, 0.4) is 0 Å². The minimum Gasteiger partial charge on any atom is -0.314 e. The van der Waals surface area contributed by atoms with Gasteiger partial charge < -0.3 is 5.32 Å². The molecule has 0 spiro atoms. The molecule has 0 aromatic carbocycles. The SMILES string of the molecule is O=S(=O)(CCC1CCC1)N1CCC(NCC2CC2)CC1. The van der Waals surface area contributed by atoms with Gasteiger partial charge in [-0.05, 0) is 50.5 Å². The van der Waals surface area contributed by atoms with E-state index in [1.165, 1.54) is 32.1 Å². The molecule has 1 heterocycles. The van der Waals surface area contributed by atoms with Gasteiger partial charge in [0.15, 0.2) is 0 Å². The maximum atomic E-state index is 12.3. The van der Waals surface area contributed by atoms with Gasteiger partial charge in [-0.3, -0.25) is 0 Å². The molecule has 0 unspecified atom stereocenters. The first-order valence-corrected chi connectivity index (χ1v) is 9.95. The largest absolute Gasteiger partial charge is 0.314 e. The zero-order valence-electron chi connectivity index (χ0n) is 12.4. The molecule has 2 saturated carbocycles. The Morgan fingerprint density at radius 3 is 2.20 bits per heavy atom. The number of piperidine rings is 1. The van der Waals surface area contributed by atoms with Crippen LogP contribution in [0.15, 0.2) is 0 Å². The van der Waals surface area contributed by atoms with Crippen LogP contribution in [0.5, 0.6) is 0 Å². The van der Waals surface area contributed by atoms with Crippen molar-refractivity contribution in [1.82, 2.24) is 9.62 Å². The van der Waals surface area contributed by atoms with E-state index in [4.69, 9.17) is 0 Å². The molecule has 0 aromatic heterocycles. The molecular weight excluding hydrogens is 272 g/mol. The van der Waals surface area contributed by atoms with Crippen molar-refractivity contribution in [3.63, 3.8) is 0 Å². The van der Waals surface area contributed by atoms with Crippen LogP contribution in [0.2, 0.25) is 0 Å². The summed E-state index contributed by atoms with van der Waals surface area (Å²) in [6.45, 7) is 2.57. The summed E-state index contributed by atoms with van der Waals surface area (Å²) in [4.78, 5) is 0. The van der Waals surface area contributed by atoms with Gasteiger partial charge in [-0.1, -0.05) is 19.3 Å². The summed E-state index contributed by atoms with van der Waals surface area (Å²) in [7, 11) is -2.99. The molecule has 1 saturated heterocycles. The summed E-state index contributed by atoms with van der Waals surface area (Å²) >= 11 is 0. The lowest BCUT2D eigenvalue weighted by Crippen LogP contribution is -2.46. The van der Waals surface area contributed by atoms with Crippen molar-refractivity contribution in [2.75, 3.05) is 25.4 Å². The molecule has 4 nitrogen and oxygen atoms in total. The first kappa shape index (κ1) is 14.8. The van der Waals surface area contributed by atoms with E-state index in [1.54, 1.807) is 4.31 Å². The molecule has 0 bridgehead atoms. The molecule has 1 N–H and O–H groups in total. The molecule has 2 aliphatic carbocycles. The molecule has 5 heteroatoms. The molecule has 116 valence electrons. The molecule has 3 aliphatic rings. The first-order chi connectivity index (χ1) is 9.63. The number of rotatable bonds is 7. The molecule has 0 aromatic rings. The highest BCUT2D eigenvalue weighted by atomic mass is 32.2. The zero-order valence-corrected chi connectivity index (χ0v) is 13.2. The Balaban J connectivity index is 1.38. The fraction of sp³-hybridized carbons (Fsp3) is 1.00. The third kappa shape index (κ3) is 3.95. The van der Waals surface area contributed by atoms with Crippen LogP contribution in [0, 0.1) is 11.8 Å². The average Bonchev–Trinajstić information content (AvgIpc) is 3.19. The molecule has 3 fully saturated rings. The van der Waals surface area contributed by atoms with E-state index in [2.05, 4.69) is 5.32 Å². The Hall–Kier alpha value is -0.130. The second kappa shape index (κ2) is 6.32. The predicted octanol–water partition coefficient (Wildman–Crippen LogP) is 1.97. The summed E-state index contributed by atoms with van der Waals surface area (Å²) in [5.41, 5.74) is 0. The van der Waals surface area contributed by atoms with E-state index in [9.17, 15) is 8.42 Å². The number of hydrogen-bond acceptors (Lipinski definition) is 3. The quantitative estimate of drug-likeness (QED) is 0.782. The highest BCUT2D eigenvalue weighted by Crippen LogP contribution is 2.30. The number of nitrogens with one attached hydrogen (secondary N) is 1. The topological polar surface area (TPSA) is 49.4 Å². The van der Waals surface area contributed by atoms with Crippen molar-refractivity contribution in [3.05, 3.63) is 0 Å². The van der Waals surface area contributed by atoms with Gasteiger partial charge in [-0.25, -0.2) is 12.7 Å². The second-order valence-corrected chi connectivity index (χ2v) is 9.02. The van der Waals surface area contributed by atoms with Crippen molar-refractivity contribution in [2.24, 2.45) is 11.8 Å². The summed E-state index contributed by atoms with van der Waals surface area (Å²) in [6.07, 6.45) is 9.36. The van der Waals surface area contributed by atoms with Crippen molar-refractivity contribution < 1.29 is 8.42 Å². The Kier molecular flexibility index (Phi) is 4.68. The van der Waals surface area contributed by atoms with Crippen molar-refractivity contribution >= 4 is 10.0 Å². The van der Waals surface area contributed by atoms with E-state index < -0.39 is 10.0 Å². The van der Waals surface area contributed by atoms with Crippen LogP contribution in [-0.4, -0.2) is 44.2 Å². The maximum absolute atomic E-state index is 12.3. The lowest BCUT2D eigenvalue weighted by Gasteiger charge is -2.33. The van der Waals surface area contributed by atoms with E-state index >= 15 is 0 Å². The van der Waals surface area contributed by atoms with Gasteiger partial charge in [0.25, 0.3) is 0 Å². The lowest BCUT2D eigenvalue weighted by molar-refractivity contribution is 0.281. The molecule has 0 amide bonds. The van der Waals surface area contributed by atoms with Crippen LogP contribution in [0.1, 0.15) is 51.4 Å². The Bertz CT molecular complexity index is 408. The highest BCUT2D eigenvalue weighted by molar-refractivity contribution is 7.89. The van der Waals surface area contributed by atoms with Gasteiger partial charge in [0, 0.05) is 19.1 Å². The van der Waals surface area contributed by atoms with Crippen molar-refractivity contribution in [3.8, 4) is 0 Å². The highest BCUT2D eigenvalue weighted by Gasteiger charge is 2.30. The van der Waals surface area contributed by atoms with Crippen LogP contribution < -0.4 is 5.32 Å². The van der Waals surface area contributed by atoms with Crippen LogP contribution in [-0.2, 0) is 10.0 Å². The standard InChI is InChI=1S/C15H28N2O2S/c18-20(19,11-8-13-2-1-3-13)17-9-6-15(7-10-17)16-12-14-4-5-14/h13-16H,1-12H2. The number of hydrogen-bond donors (Lipinski definition) is 1. The number of sulfonamides is 1.